The van der Waals surface area contributed by atoms with Crippen molar-refractivity contribution in [2.45, 2.75) is 44.7 Å². The first kappa shape index (κ1) is 20.1. The molecule has 0 bridgehead atoms. The van der Waals surface area contributed by atoms with E-state index in [-0.39, 0.29) is 6.42 Å². The number of aliphatic hydroxyl groups excluding tert-OH is 1. The lowest BCUT2D eigenvalue weighted by atomic mass is 10.1. The van der Waals surface area contributed by atoms with Gasteiger partial charge in [-0.15, -0.1) is 0 Å². The van der Waals surface area contributed by atoms with Crippen LogP contribution in [0.5, 0.6) is 0 Å². The normalized spacial score (nSPS) is 22.3. The van der Waals surface area contributed by atoms with Crippen LogP contribution in [0.4, 0.5) is 0 Å². The van der Waals surface area contributed by atoms with Gasteiger partial charge in [0.25, 0.3) is 5.56 Å². The van der Waals surface area contributed by atoms with Gasteiger partial charge in [0.1, 0.15) is 6.23 Å². The fourth-order valence-electron chi connectivity index (χ4n) is 3.10. The zero-order chi connectivity index (χ0) is 19.6. The number of benzene rings is 1. The van der Waals surface area contributed by atoms with Crippen LogP contribution in [-0.2, 0) is 17.7 Å². The van der Waals surface area contributed by atoms with Crippen LogP contribution in [0.1, 0.15) is 30.7 Å². The van der Waals surface area contributed by atoms with E-state index in [9.17, 15) is 14.7 Å². The number of rotatable bonds is 6. The van der Waals surface area contributed by atoms with E-state index < -0.39 is 29.7 Å². The number of nitrogens with one attached hydrogen (secondary N) is 2. The molecule has 1 unspecified atom stereocenters. The smallest absolute Gasteiger partial charge is 0.330 e. The molecule has 1 aromatic heterocycles. The predicted octanol–water partition coefficient (Wildman–Crippen LogP) is 1.84. The molecule has 7 nitrogen and oxygen atoms in total. The molecule has 2 aromatic rings. The summed E-state index contributed by atoms with van der Waals surface area (Å²) in [5, 5.41) is 14.6. The summed E-state index contributed by atoms with van der Waals surface area (Å²) < 4.78 is 7.17. The van der Waals surface area contributed by atoms with Crippen LogP contribution in [0.25, 0.3) is 0 Å². The average Bonchev–Trinajstić information content (AvgIpc) is 2.98. The minimum Gasteiger partial charge on any atom is -0.390 e. The number of hydrogen-bond acceptors (Lipinski definition) is 5. The molecule has 0 saturated carbocycles. The number of H-pyrrole nitrogens is 1. The molecular weight excluding hydrogens is 393 g/mol. The zero-order valence-electron chi connectivity index (χ0n) is 14.7. The fraction of sp³-hybridized carbons (Fsp3) is 0.444. The number of aromatic amines is 1. The van der Waals surface area contributed by atoms with E-state index in [1.54, 1.807) is 18.2 Å². The summed E-state index contributed by atoms with van der Waals surface area (Å²) in [6.07, 6.45) is 0.374. The summed E-state index contributed by atoms with van der Waals surface area (Å²) in [4.78, 5) is 26.1. The number of hydrogen-bond donors (Lipinski definition) is 3. The number of nitrogens with zero attached hydrogens (tertiary/aromatic N) is 1. The molecule has 9 heteroatoms. The zero-order valence-corrected chi connectivity index (χ0v) is 16.3. The Hall–Kier alpha value is -1.64. The standard InChI is InChI=1S/C18H21Cl2N3O4/c1-2-10-9-23(18(26)22-17(10)25)16-6-14(24)15(27-16)8-21-7-11-12(19)4-3-5-13(11)20/h3-5,9,14-16,21,24H,2,6-8H2,1H3,(H,22,25,26)/t14?,15-,16-/m0/s1. The molecule has 146 valence electrons. The van der Waals surface area contributed by atoms with E-state index in [0.717, 1.165) is 5.56 Å². The third kappa shape index (κ3) is 4.44. The van der Waals surface area contributed by atoms with Gasteiger partial charge in [0.05, 0.1) is 12.2 Å². The number of aliphatic hydroxyl groups is 1. The molecule has 27 heavy (non-hydrogen) atoms. The van der Waals surface area contributed by atoms with Crippen LogP contribution in [0, 0.1) is 0 Å². The monoisotopic (exact) mass is 413 g/mol. The van der Waals surface area contributed by atoms with Gasteiger partial charge in [0.2, 0.25) is 0 Å². The molecular formula is C18H21Cl2N3O4. The largest absolute Gasteiger partial charge is 0.390 e. The van der Waals surface area contributed by atoms with Gasteiger partial charge in [-0.05, 0) is 18.6 Å². The molecule has 1 aromatic carbocycles. The maximum absolute atomic E-state index is 12.1. The van der Waals surface area contributed by atoms with Crippen LogP contribution in [0.15, 0.2) is 34.0 Å². The van der Waals surface area contributed by atoms with Crippen LogP contribution >= 0.6 is 23.2 Å². The molecule has 1 fully saturated rings. The van der Waals surface area contributed by atoms with E-state index in [2.05, 4.69) is 10.3 Å². The van der Waals surface area contributed by atoms with Crippen LogP contribution in [0.3, 0.4) is 0 Å². The van der Waals surface area contributed by atoms with Crippen molar-refractivity contribution in [1.29, 1.82) is 0 Å². The molecule has 1 aliphatic heterocycles. The Kier molecular flexibility index (Phi) is 6.39. The molecule has 2 heterocycles. The van der Waals surface area contributed by atoms with Crippen LogP contribution in [-0.4, -0.2) is 33.4 Å². The highest BCUT2D eigenvalue weighted by atomic mass is 35.5. The second kappa shape index (κ2) is 8.58. The highest BCUT2D eigenvalue weighted by Gasteiger charge is 2.35. The van der Waals surface area contributed by atoms with Crippen molar-refractivity contribution >= 4 is 23.2 Å². The molecule has 3 atom stereocenters. The van der Waals surface area contributed by atoms with Gasteiger partial charge < -0.3 is 15.2 Å². The lowest BCUT2D eigenvalue weighted by Crippen LogP contribution is -2.35. The van der Waals surface area contributed by atoms with E-state index in [4.69, 9.17) is 27.9 Å². The Labute approximate surface area is 165 Å². The molecule has 0 amide bonds. The van der Waals surface area contributed by atoms with Gasteiger partial charge in [-0.2, -0.15) is 0 Å². The predicted molar refractivity (Wildman–Crippen MR) is 103 cm³/mol. The van der Waals surface area contributed by atoms with E-state index in [1.807, 2.05) is 6.92 Å². The van der Waals surface area contributed by atoms with Crippen molar-refractivity contribution in [3.8, 4) is 0 Å². The van der Waals surface area contributed by atoms with Gasteiger partial charge in [0.15, 0.2) is 0 Å². The topological polar surface area (TPSA) is 96.3 Å². The number of aryl methyl sites for hydroxylation is 1. The quantitative estimate of drug-likeness (QED) is 0.671. The molecule has 0 radical (unpaired) electrons. The minimum absolute atomic E-state index is 0.258. The van der Waals surface area contributed by atoms with Crippen molar-refractivity contribution in [3.63, 3.8) is 0 Å². The first-order valence-electron chi connectivity index (χ1n) is 8.72. The van der Waals surface area contributed by atoms with Crippen molar-refractivity contribution in [3.05, 3.63) is 66.4 Å². The Bertz CT molecular complexity index is 907. The number of ether oxygens (including phenoxy) is 1. The van der Waals surface area contributed by atoms with Gasteiger partial charge in [-0.3, -0.25) is 14.3 Å². The van der Waals surface area contributed by atoms with E-state index in [0.29, 0.717) is 35.1 Å². The number of halogens is 2. The third-order valence-corrected chi connectivity index (χ3v) is 5.35. The summed E-state index contributed by atoms with van der Waals surface area (Å²) in [5.74, 6) is 0. The molecule has 1 aliphatic rings. The Morgan fingerprint density at radius 2 is 2.04 bits per heavy atom. The number of aromatic nitrogens is 2. The van der Waals surface area contributed by atoms with E-state index >= 15 is 0 Å². The average molecular weight is 414 g/mol. The first-order chi connectivity index (χ1) is 12.9. The van der Waals surface area contributed by atoms with E-state index in [1.165, 1.54) is 10.8 Å². The molecule has 3 rings (SSSR count). The first-order valence-corrected chi connectivity index (χ1v) is 9.47. The maximum Gasteiger partial charge on any atom is 0.330 e. The van der Waals surface area contributed by atoms with Crippen molar-refractivity contribution in [1.82, 2.24) is 14.9 Å². The molecule has 1 saturated heterocycles. The SMILES string of the molecule is CCc1cn([C@@H]2CC(O)[C@H](CNCc3c(Cl)cccc3Cl)O2)c(=O)[nH]c1=O. The second-order valence-electron chi connectivity index (χ2n) is 6.44. The van der Waals surface area contributed by atoms with Crippen LogP contribution in [0.2, 0.25) is 10.0 Å². The molecule has 0 aliphatic carbocycles. The highest BCUT2D eigenvalue weighted by molar-refractivity contribution is 6.35. The summed E-state index contributed by atoms with van der Waals surface area (Å²) in [6.45, 7) is 2.61. The van der Waals surface area contributed by atoms with Crippen molar-refractivity contribution in [2.24, 2.45) is 0 Å². The van der Waals surface area contributed by atoms with Gasteiger partial charge >= 0.3 is 5.69 Å². The summed E-state index contributed by atoms with van der Waals surface area (Å²) in [6, 6.07) is 5.29. The highest BCUT2D eigenvalue weighted by Crippen LogP contribution is 2.28. The third-order valence-electron chi connectivity index (χ3n) is 4.65. The Morgan fingerprint density at radius 3 is 2.70 bits per heavy atom. The molecule has 3 N–H and O–H groups in total. The van der Waals surface area contributed by atoms with Gasteiger partial charge in [-0.25, -0.2) is 4.79 Å². The van der Waals surface area contributed by atoms with Gasteiger partial charge in [-0.1, -0.05) is 36.2 Å². The van der Waals surface area contributed by atoms with Gasteiger partial charge in [0, 0.05) is 46.9 Å². The maximum atomic E-state index is 12.1. The fourth-order valence-corrected chi connectivity index (χ4v) is 3.63. The second-order valence-corrected chi connectivity index (χ2v) is 7.25. The minimum atomic E-state index is -0.742. The summed E-state index contributed by atoms with van der Waals surface area (Å²) >= 11 is 12.3. The lowest BCUT2D eigenvalue weighted by Gasteiger charge is -2.17. The summed E-state index contributed by atoms with van der Waals surface area (Å²) in [5.41, 5.74) is 0.315. The van der Waals surface area contributed by atoms with Crippen molar-refractivity contribution in [2.75, 3.05) is 6.54 Å². The lowest BCUT2D eigenvalue weighted by molar-refractivity contribution is -0.0194. The Balaban J connectivity index is 1.65. The van der Waals surface area contributed by atoms with Crippen molar-refractivity contribution < 1.29 is 9.84 Å². The Morgan fingerprint density at radius 1 is 1.33 bits per heavy atom. The summed E-state index contributed by atoms with van der Waals surface area (Å²) in [7, 11) is 0. The molecule has 0 spiro atoms. The van der Waals surface area contributed by atoms with Crippen LogP contribution < -0.4 is 16.6 Å².